The molecule has 228 valence electrons. The minimum Gasteiger partial charge on any atom is -0.457 e. The molecule has 0 spiro atoms. The highest BCUT2D eigenvalue weighted by atomic mass is 28.3. The fourth-order valence-electron chi connectivity index (χ4n) is 7.31. The van der Waals surface area contributed by atoms with Crippen molar-refractivity contribution < 1.29 is 17.1 Å². The van der Waals surface area contributed by atoms with Crippen LogP contribution in [0, 0.1) is 20.6 Å². The fraction of sp³-hybridized carbons (Fsp3) is 0.119. The van der Waals surface area contributed by atoms with Crippen LogP contribution < -0.4 is 15.1 Å². The fourth-order valence-corrected chi connectivity index (χ4v) is 10.1. The van der Waals surface area contributed by atoms with E-state index in [1.165, 1.54) is 12.1 Å². The van der Waals surface area contributed by atoms with E-state index in [0.29, 0.717) is 34.0 Å². The van der Waals surface area contributed by atoms with Crippen molar-refractivity contribution in [3.63, 3.8) is 0 Å². The van der Waals surface area contributed by atoms with Gasteiger partial charge in [0, 0.05) is 17.9 Å². The predicted molar refractivity (Wildman–Crippen MR) is 198 cm³/mol. The van der Waals surface area contributed by atoms with Crippen LogP contribution in [0.5, 0.6) is 11.5 Å². The molecule has 4 nitrogen and oxygen atoms in total. The monoisotopic (exact) mass is 634 g/mol. The van der Waals surface area contributed by atoms with Crippen molar-refractivity contribution in [2.24, 2.45) is 0 Å². The van der Waals surface area contributed by atoms with E-state index in [-0.39, 0.29) is 33.4 Å². The normalized spacial score (nSPS) is 17.2. The van der Waals surface area contributed by atoms with Gasteiger partial charge in [-0.2, -0.15) is 0 Å². The number of rotatable bonds is 3. The Morgan fingerprint density at radius 2 is 1.32 bits per heavy atom. The van der Waals surface area contributed by atoms with E-state index in [1.54, 1.807) is 28.8 Å². The molecule has 1 aliphatic rings. The lowest BCUT2D eigenvalue weighted by Crippen LogP contribution is -2.56. The van der Waals surface area contributed by atoms with Crippen LogP contribution in [-0.4, -0.2) is 22.0 Å². The van der Waals surface area contributed by atoms with Gasteiger partial charge >= 0.3 is 0 Å². The highest BCUT2D eigenvalue weighted by Gasteiger charge is 2.37. The summed E-state index contributed by atoms with van der Waals surface area (Å²) < 4.78 is 90.5. The van der Waals surface area contributed by atoms with Gasteiger partial charge < -0.3 is 4.74 Å². The summed E-state index contributed by atoms with van der Waals surface area (Å²) in [7, 11) is -2.42. The molecule has 0 atom stereocenters. The number of hydrogen-bond acceptors (Lipinski definition) is 2. The third kappa shape index (κ3) is 3.90. The number of para-hydroxylation sites is 6. The van der Waals surface area contributed by atoms with Crippen LogP contribution in [0.4, 0.5) is 0 Å². The molecular weight excluding hydrogens is 591 g/mol. The lowest BCUT2D eigenvalue weighted by atomic mass is 9.87. The first kappa shape index (κ1) is 20.0. The van der Waals surface area contributed by atoms with Crippen LogP contribution in [0.25, 0.3) is 55.8 Å². The first-order valence-corrected chi connectivity index (χ1v) is 18.6. The van der Waals surface area contributed by atoms with Crippen LogP contribution >= 0.6 is 0 Å². The van der Waals surface area contributed by atoms with Gasteiger partial charge in [0.2, 0.25) is 5.78 Å². The van der Waals surface area contributed by atoms with Crippen molar-refractivity contribution in [2.45, 2.75) is 33.6 Å². The number of ether oxygens (including phenoxy) is 1. The van der Waals surface area contributed by atoms with Gasteiger partial charge in [0.05, 0.1) is 27.8 Å². The molecule has 0 saturated carbocycles. The van der Waals surface area contributed by atoms with Gasteiger partial charge in [-0.3, -0.25) is 8.97 Å². The molecule has 2 aromatic heterocycles. The minimum absolute atomic E-state index is 0.0151. The van der Waals surface area contributed by atoms with Crippen LogP contribution in [0.1, 0.15) is 29.0 Å². The first-order chi connectivity index (χ1) is 26.5. The Morgan fingerprint density at radius 1 is 0.617 bits per heavy atom. The zero-order valence-electron chi connectivity index (χ0n) is 34.8. The molecule has 0 unspecified atom stereocenters. The van der Waals surface area contributed by atoms with Crippen molar-refractivity contribution in [1.82, 2.24) is 14.0 Å². The summed E-state index contributed by atoms with van der Waals surface area (Å²) in [5.74, 6) is 1.54. The summed E-state index contributed by atoms with van der Waals surface area (Å²) in [6, 6.07) is 36.4. The van der Waals surface area contributed by atoms with E-state index in [0.717, 1.165) is 26.9 Å². The third-order valence-electron chi connectivity index (χ3n) is 9.62. The van der Waals surface area contributed by atoms with E-state index >= 15 is 0 Å². The topological polar surface area (TPSA) is 31.5 Å². The average Bonchev–Trinajstić information content (AvgIpc) is 3.67. The molecule has 6 aromatic carbocycles. The smallest absolute Gasteiger partial charge is 0.220 e. The molecule has 1 aliphatic heterocycles. The number of fused-ring (bicyclic) bond motifs is 7. The lowest BCUT2D eigenvalue weighted by Gasteiger charge is -2.34. The second-order valence-corrected chi connectivity index (χ2v) is 16.9. The number of benzene rings is 6. The molecule has 47 heavy (non-hydrogen) atoms. The summed E-state index contributed by atoms with van der Waals surface area (Å²) >= 11 is 0. The Balaban J connectivity index is 1.39. The molecule has 0 radical (unpaired) electrons. The number of aromatic nitrogens is 3. The largest absolute Gasteiger partial charge is 0.457 e. The molecule has 9 rings (SSSR count). The summed E-state index contributed by atoms with van der Waals surface area (Å²) in [6.07, 6.45) is 0. The van der Waals surface area contributed by atoms with Crippen molar-refractivity contribution in [3.8, 4) is 39.4 Å². The standard InChI is InChI=1S/C42H35N3OSi/c1-26-24-25-30(28(3)40(26)31-15-13-23-39-41(31)46-37-21-10-11-22-38(37)47(39,4)5)29-14-12-20-33(27(29)2)44-35-18-8-9-19-36(35)45-34-17-7-6-16-32(34)43-42(44)45/h6-25H,1-5H3/i1D3,2D3,3D3. The van der Waals surface area contributed by atoms with Gasteiger partial charge in [-0.05, 0) is 101 Å². The molecule has 5 heteroatoms. The van der Waals surface area contributed by atoms with Gasteiger partial charge in [0.15, 0.2) is 0 Å². The zero-order valence-corrected chi connectivity index (χ0v) is 26.8. The molecule has 3 heterocycles. The summed E-state index contributed by atoms with van der Waals surface area (Å²) in [5.41, 5.74) is 3.40. The first-order valence-electron chi connectivity index (χ1n) is 20.1. The van der Waals surface area contributed by atoms with E-state index < -0.39 is 28.6 Å². The highest BCUT2D eigenvalue weighted by Crippen LogP contribution is 2.43. The van der Waals surface area contributed by atoms with Crippen LogP contribution in [-0.2, 0) is 0 Å². The maximum absolute atomic E-state index is 9.04. The van der Waals surface area contributed by atoms with Crippen molar-refractivity contribution >= 4 is 46.3 Å². The van der Waals surface area contributed by atoms with Gasteiger partial charge in [-0.25, -0.2) is 4.98 Å². The second-order valence-electron chi connectivity index (χ2n) is 12.6. The van der Waals surface area contributed by atoms with Gasteiger partial charge in [-0.15, -0.1) is 0 Å². The molecule has 0 saturated heterocycles. The maximum Gasteiger partial charge on any atom is 0.220 e. The number of aryl methyl sites for hydroxylation is 1. The summed E-state index contributed by atoms with van der Waals surface area (Å²) in [6.45, 7) is -4.03. The molecular formula is C42H35N3OSi. The van der Waals surface area contributed by atoms with Gasteiger partial charge in [0.1, 0.15) is 19.6 Å². The van der Waals surface area contributed by atoms with Crippen LogP contribution in [0.3, 0.4) is 0 Å². The van der Waals surface area contributed by atoms with Gasteiger partial charge in [0.25, 0.3) is 0 Å². The SMILES string of the molecule is [2H]C([2H])([2H])c1ccc(-c2cccc(-n3c4ccccc4n4c5ccccc5nc34)c2C([2H])([2H])[2H])c(C([2H])([2H])[2H])c1-c1cccc2c1Oc1ccccc1[Si]2(C)C. The third-order valence-corrected chi connectivity index (χ3v) is 13.1. The zero-order chi connectivity index (χ0) is 39.5. The average molecular weight is 635 g/mol. The molecule has 0 N–H and O–H groups in total. The predicted octanol–water partition coefficient (Wildman–Crippen LogP) is 9.62. The molecule has 0 bridgehead atoms. The Morgan fingerprint density at radius 3 is 2.17 bits per heavy atom. The van der Waals surface area contributed by atoms with Crippen LogP contribution in [0.2, 0.25) is 13.1 Å². The van der Waals surface area contributed by atoms with Crippen molar-refractivity contribution in [3.05, 3.63) is 138 Å². The lowest BCUT2D eigenvalue weighted by molar-refractivity contribution is 0.488. The number of imidazole rings is 2. The van der Waals surface area contributed by atoms with Crippen LogP contribution in [0.15, 0.2) is 121 Å². The summed E-state index contributed by atoms with van der Waals surface area (Å²) in [4.78, 5) is 4.95. The minimum atomic E-state index is -2.90. The van der Waals surface area contributed by atoms with Gasteiger partial charge in [-0.1, -0.05) is 98.0 Å². The molecule has 8 aromatic rings. The Kier molecular flexibility index (Phi) is 4.27. The maximum atomic E-state index is 9.04. The Hall–Kier alpha value is -5.39. The second kappa shape index (κ2) is 10.1. The van der Waals surface area contributed by atoms with E-state index in [4.69, 9.17) is 22.1 Å². The number of nitrogens with zero attached hydrogens (tertiary/aromatic N) is 3. The Bertz CT molecular complexity index is 2900. The van der Waals surface area contributed by atoms with E-state index in [1.807, 2.05) is 89.3 Å². The summed E-state index contributed by atoms with van der Waals surface area (Å²) in [5, 5.41) is 1.97. The molecule has 0 aliphatic carbocycles. The van der Waals surface area contributed by atoms with E-state index in [9.17, 15) is 0 Å². The van der Waals surface area contributed by atoms with E-state index in [2.05, 4.69) is 13.1 Å². The quantitative estimate of drug-likeness (QED) is 0.181. The molecule has 0 fully saturated rings. The molecule has 0 amide bonds. The van der Waals surface area contributed by atoms with Crippen molar-refractivity contribution in [1.29, 1.82) is 0 Å². The van der Waals surface area contributed by atoms with Crippen molar-refractivity contribution in [2.75, 3.05) is 0 Å². The Labute approximate surface area is 288 Å². The highest BCUT2D eigenvalue weighted by molar-refractivity contribution is 7.01. The number of hydrogen-bond donors (Lipinski definition) is 0.